The van der Waals surface area contributed by atoms with Crippen LogP contribution in [-0.4, -0.2) is 55.8 Å². The fraction of sp³-hybridized carbons (Fsp3) is 0.130. The summed E-state index contributed by atoms with van der Waals surface area (Å²) < 4.78 is 43.0. The maximum Gasteiger partial charge on any atom is 0.321 e. The third-order valence-electron chi connectivity index (χ3n) is 4.94. The van der Waals surface area contributed by atoms with Crippen LogP contribution in [0.3, 0.4) is 0 Å². The third-order valence-corrected chi connectivity index (χ3v) is 6.31. The minimum absolute atomic E-state index is 0.0250. The number of anilines is 2. The SMILES string of the molecule is COc1ccc(-c2cc(C(=O)Nc3ccc(S(=O)(=O)Nc4cc(OC)nc(OC)n4)cc3)[nH]n2)cc1. The van der Waals surface area contributed by atoms with Gasteiger partial charge in [0.2, 0.25) is 5.88 Å². The van der Waals surface area contributed by atoms with Gasteiger partial charge in [-0.15, -0.1) is 0 Å². The second-order valence-corrected chi connectivity index (χ2v) is 8.94. The fourth-order valence-corrected chi connectivity index (χ4v) is 4.10. The minimum Gasteiger partial charge on any atom is -0.497 e. The Hall–Kier alpha value is -4.65. The molecule has 186 valence electrons. The Balaban J connectivity index is 1.44. The molecule has 2 heterocycles. The zero-order valence-corrected chi connectivity index (χ0v) is 20.3. The number of benzene rings is 2. The molecule has 2 aromatic carbocycles. The smallest absolute Gasteiger partial charge is 0.321 e. The van der Waals surface area contributed by atoms with E-state index in [1.807, 2.05) is 12.1 Å². The molecule has 0 aliphatic carbocycles. The van der Waals surface area contributed by atoms with E-state index < -0.39 is 15.9 Å². The Labute approximate surface area is 206 Å². The van der Waals surface area contributed by atoms with Gasteiger partial charge in [-0.3, -0.25) is 14.6 Å². The van der Waals surface area contributed by atoms with Crippen LogP contribution in [0.2, 0.25) is 0 Å². The summed E-state index contributed by atoms with van der Waals surface area (Å²) in [4.78, 5) is 20.5. The number of sulfonamides is 1. The lowest BCUT2D eigenvalue weighted by Crippen LogP contribution is -2.15. The number of H-pyrrole nitrogens is 1. The zero-order chi connectivity index (χ0) is 25.7. The number of aromatic amines is 1. The van der Waals surface area contributed by atoms with Gasteiger partial charge in [0, 0.05) is 17.3 Å². The molecule has 2 aromatic heterocycles. The van der Waals surface area contributed by atoms with E-state index in [2.05, 4.69) is 30.2 Å². The molecule has 0 aliphatic rings. The number of rotatable bonds is 9. The molecule has 1 amide bonds. The summed E-state index contributed by atoms with van der Waals surface area (Å²) in [5.41, 5.74) is 2.04. The monoisotopic (exact) mass is 510 g/mol. The van der Waals surface area contributed by atoms with Gasteiger partial charge >= 0.3 is 6.01 Å². The second kappa shape index (κ2) is 10.3. The Kier molecular flexibility index (Phi) is 7.01. The molecule has 0 fully saturated rings. The van der Waals surface area contributed by atoms with Crippen molar-refractivity contribution in [2.75, 3.05) is 31.4 Å². The standard InChI is InChI=1S/C23H22N6O6S/c1-33-16-8-4-14(5-9-16)18-12-19(28-27-18)22(30)24-15-6-10-17(11-7-15)36(31,32)29-20-13-21(34-2)26-23(25-20)35-3/h4-13H,1-3H3,(H,24,30)(H,27,28)(H,25,26,29). The third kappa shape index (κ3) is 5.52. The van der Waals surface area contributed by atoms with E-state index in [9.17, 15) is 13.2 Å². The molecule has 13 heteroatoms. The Morgan fingerprint density at radius 1 is 0.889 bits per heavy atom. The number of hydrogen-bond donors (Lipinski definition) is 3. The average molecular weight is 511 g/mol. The number of hydrogen-bond acceptors (Lipinski definition) is 9. The Morgan fingerprint density at radius 3 is 2.25 bits per heavy atom. The molecular weight excluding hydrogens is 488 g/mol. The summed E-state index contributed by atoms with van der Waals surface area (Å²) in [7, 11) is 0.334. The largest absolute Gasteiger partial charge is 0.497 e. The van der Waals surface area contributed by atoms with Crippen LogP contribution in [-0.2, 0) is 10.0 Å². The van der Waals surface area contributed by atoms with Gasteiger partial charge in [-0.05, 0) is 54.6 Å². The van der Waals surface area contributed by atoms with Crippen molar-refractivity contribution in [1.82, 2.24) is 20.2 Å². The lowest BCUT2D eigenvalue weighted by molar-refractivity contribution is 0.102. The van der Waals surface area contributed by atoms with Crippen molar-refractivity contribution in [2.45, 2.75) is 4.90 Å². The van der Waals surface area contributed by atoms with Gasteiger partial charge in [-0.25, -0.2) is 8.42 Å². The van der Waals surface area contributed by atoms with Crippen LogP contribution in [0.1, 0.15) is 10.5 Å². The lowest BCUT2D eigenvalue weighted by atomic mass is 10.1. The van der Waals surface area contributed by atoms with Crippen LogP contribution in [0.5, 0.6) is 17.6 Å². The number of carbonyl (C=O) groups excluding carboxylic acids is 1. The topological polar surface area (TPSA) is 157 Å². The normalized spacial score (nSPS) is 11.0. The molecule has 0 saturated carbocycles. The van der Waals surface area contributed by atoms with E-state index in [-0.39, 0.29) is 28.3 Å². The van der Waals surface area contributed by atoms with E-state index in [4.69, 9.17) is 14.2 Å². The first-order valence-electron chi connectivity index (χ1n) is 10.4. The minimum atomic E-state index is -3.98. The van der Waals surface area contributed by atoms with Gasteiger partial charge in [0.1, 0.15) is 11.4 Å². The summed E-state index contributed by atoms with van der Waals surface area (Å²) in [6.07, 6.45) is 0. The van der Waals surface area contributed by atoms with Crippen molar-refractivity contribution >= 4 is 27.4 Å². The van der Waals surface area contributed by atoms with Gasteiger partial charge < -0.3 is 19.5 Å². The highest BCUT2D eigenvalue weighted by Crippen LogP contribution is 2.23. The van der Waals surface area contributed by atoms with Gasteiger partial charge in [-0.2, -0.15) is 15.1 Å². The molecule has 0 spiro atoms. The molecule has 0 bridgehead atoms. The first kappa shape index (κ1) is 24.5. The first-order valence-corrected chi connectivity index (χ1v) is 11.9. The molecular formula is C23H22N6O6S. The number of ether oxygens (including phenoxy) is 3. The maximum absolute atomic E-state index is 12.8. The number of amides is 1. The first-order chi connectivity index (χ1) is 17.3. The highest BCUT2D eigenvalue weighted by atomic mass is 32.2. The highest BCUT2D eigenvalue weighted by molar-refractivity contribution is 7.92. The molecule has 4 aromatic rings. The zero-order valence-electron chi connectivity index (χ0n) is 19.5. The summed E-state index contributed by atoms with van der Waals surface area (Å²) >= 11 is 0. The molecule has 12 nitrogen and oxygen atoms in total. The molecule has 0 aliphatic heterocycles. The second-order valence-electron chi connectivity index (χ2n) is 7.26. The van der Waals surface area contributed by atoms with Crippen LogP contribution in [0.25, 0.3) is 11.3 Å². The molecule has 0 unspecified atom stereocenters. The van der Waals surface area contributed by atoms with Crippen molar-refractivity contribution in [3.63, 3.8) is 0 Å². The van der Waals surface area contributed by atoms with Gasteiger partial charge in [0.25, 0.3) is 15.9 Å². The molecule has 36 heavy (non-hydrogen) atoms. The van der Waals surface area contributed by atoms with E-state index in [1.54, 1.807) is 25.3 Å². The van der Waals surface area contributed by atoms with Crippen LogP contribution < -0.4 is 24.2 Å². The van der Waals surface area contributed by atoms with Crippen molar-refractivity contribution in [1.29, 1.82) is 0 Å². The number of carbonyl (C=O) groups is 1. The number of nitrogens with one attached hydrogen (secondary N) is 3. The van der Waals surface area contributed by atoms with Gasteiger partial charge in [0.15, 0.2) is 5.82 Å². The van der Waals surface area contributed by atoms with Crippen LogP contribution in [0.15, 0.2) is 65.6 Å². The predicted molar refractivity (Wildman–Crippen MR) is 131 cm³/mol. The van der Waals surface area contributed by atoms with Crippen molar-refractivity contribution in [3.05, 3.63) is 66.4 Å². The van der Waals surface area contributed by atoms with Crippen molar-refractivity contribution < 1.29 is 27.4 Å². The number of methoxy groups -OCH3 is 3. The number of nitrogens with zero attached hydrogens (tertiary/aromatic N) is 3. The summed E-state index contributed by atoms with van der Waals surface area (Å²) in [5, 5.41) is 9.58. The van der Waals surface area contributed by atoms with Gasteiger partial charge in [-0.1, -0.05) is 0 Å². The fourth-order valence-electron chi connectivity index (χ4n) is 3.11. The van der Waals surface area contributed by atoms with Crippen molar-refractivity contribution in [3.8, 4) is 28.9 Å². The molecule has 4 rings (SSSR count). The maximum atomic E-state index is 12.8. The molecule has 3 N–H and O–H groups in total. The Bertz CT molecular complexity index is 1450. The lowest BCUT2D eigenvalue weighted by Gasteiger charge is -2.10. The quantitative estimate of drug-likeness (QED) is 0.308. The number of aromatic nitrogens is 4. The molecule has 0 atom stereocenters. The summed E-state index contributed by atoms with van der Waals surface area (Å²) in [6, 6.07) is 15.8. The molecule has 0 saturated heterocycles. The average Bonchev–Trinajstić information content (AvgIpc) is 3.39. The van der Waals surface area contributed by atoms with Crippen LogP contribution in [0, 0.1) is 0 Å². The van der Waals surface area contributed by atoms with Crippen LogP contribution in [0.4, 0.5) is 11.5 Å². The molecule has 0 radical (unpaired) electrons. The van der Waals surface area contributed by atoms with E-state index in [1.165, 1.54) is 44.6 Å². The van der Waals surface area contributed by atoms with E-state index in [0.29, 0.717) is 17.1 Å². The van der Waals surface area contributed by atoms with Gasteiger partial charge in [0.05, 0.1) is 31.9 Å². The highest BCUT2D eigenvalue weighted by Gasteiger charge is 2.18. The summed E-state index contributed by atoms with van der Waals surface area (Å²) in [5.74, 6) is 0.384. The van der Waals surface area contributed by atoms with E-state index in [0.717, 1.165) is 5.56 Å². The van der Waals surface area contributed by atoms with Crippen LogP contribution >= 0.6 is 0 Å². The predicted octanol–water partition coefficient (Wildman–Crippen LogP) is 2.95. The van der Waals surface area contributed by atoms with E-state index >= 15 is 0 Å². The Morgan fingerprint density at radius 2 is 1.61 bits per heavy atom. The van der Waals surface area contributed by atoms with Crippen molar-refractivity contribution in [2.24, 2.45) is 0 Å². The summed E-state index contributed by atoms with van der Waals surface area (Å²) in [6.45, 7) is 0.